The zero-order chi connectivity index (χ0) is 11.1. The molecule has 13 heavy (non-hydrogen) atoms. The molecule has 0 heterocycles. The average molecular weight is 188 g/mol. The van der Waals surface area contributed by atoms with Crippen LogP contribution in [0.5, 0.6) is 0 Å². The summed E-state index contributed by atoms with van der Waals surface area (Å²) in [5.74, 6) is 0.903. The first-order valence-electron chi connectivity index (χ1n) is 6.18. The van der Waals surface area contributed by atoms with Gasteiger partial charge in [-0.3, -0.25) is 0 Å². The molecule has 0 fully saturated rings. The lowest BCUT2D eigenvalue weighted by molar-refractivity contribution is 0.550. The minimum atomic E-state index is 0.903. The van der Waals surface area contributed by atoms with Gasteiger partial charge in [-0.05, 0) is 5.92 Å². The molecule has 0 unspecified atom stereocenters. The van der Waals surface area contributed by atoms with Gasteiger partial charge in [0.25, 0.3) is 0 Å². The largest absolute Gasteiger partial charge is 0.0683 e. The molecule has 0 spiro atoms. The highest BCUT2D eigenvalue weighted by atomic mass is 13.9. The summed E-state index contributed by atoms with van der Waals surface area (Å²) in [5, 5.41) is 0. The third kappa shape index (κ3) is 48.0. The molecule has 0 N–H and O–H groups in total. The third-order valence-corrected chi connectivity index (χ3v) is 1.64. The topological polar surface area (TPSA) is 0 Å². The molecule has 0 aliphatic rings. The van der Waals surface area contributed by atoms with Gasteiger partial charge in [-0.2, -0.15) is 0 Å². The van der Waals surface area contributed by atoms with Crippen molar-refractivity contribution in [3.63, 3.8) is 0 Å². The van der Waals surface area contributed by atoms with Gasteiger partial charge in [0.1, 0.15) is 0 Å². The van der Waals surface area contributed by atoms with Crippen LogP contribution < -0.4 is 0 Å². The van der Waals surface area contributed by atoms with Crippen molar-refractivity contribution in [3.05, 3.63) is 0 Å². The predicted octanol–water partition coefficient (Wildman–Crippen LogP) is 5.67. The van der Waals surface area contributed by atoms with Gasteiger partial charge in [-0.1, -0.05) is 80.6 Å². The summed E-state index contributed by atoms with van der Waals surface area (Å²) in [6.45, 7) is 15.1. The van der Waals surface area contributed by atoms with Crippen LogP contribution in [0.4, 0.5) is 0 Å². The molecular weight excluding hydrogens is 156 g/mol. The van der Waals surface area contributed by atoms with Crippen molar-refractivity contribution in [2.75, 3.05) is 0 Å². The first-order chi connectivity index (χ1) is 6.18. The lowest BCUT2D eigenvalue weighted by atomic mass is 10.1. The number of hydrogen-bond acceptors (Lipinski definition) is 0. The van der Waals surface area contributed by atoms with Crippen molar-refractivity contribution < 1.29 is 0 Å². The van der Waals surface area contributed by atoms with Crippen molar-refractivity contribution in [1.29, 1.82) is 0 Å². The lowest BCUT2D eigenvalue weighted by Crippen LogP contribution is -1.83. The third-order valence-electron chi connectivity index (χ3n) is 1.64. The van der Waals surface area contributed by atoms with Gasteiger partial charge in [0, 0.05) is 0 Å². The molecule has 0 nitrogen and oxygen atoms in total. The Bertz CT molecular complexity index is 44.0. The van der Waals surface area contributed by atoms with E-state index in [0.29, 0.717) is 0 Å². The molecule has 0 saturated carbocycles. The maximum atomic E-state index is 2.27. The van der Waals surface area contributed by atoms with Gasteiger partial charge in [-0.15, -0.1) is 0 Å². The zero-order valence-corrected chi connectivity index (χ0v) is 11.1. The summed E-state index contributed by atoms with van der Waals surface area (Å²) in [6, 6.07) is 0. The number of hydrogen-bond donors (Lipinski definition) is 0. The Morgan fingerprint density at radius 2 is 1.15 bits per heavy atom. The molecule has 84 valence electrons. The van der Waals surface area contributed by atoms with Crippen LogP contribution >= 0.6 is 0 Å². The Morgan fingerprint density at radius 3 is 1.23 bits per heavy atom. The van der Waals surface area contributed by atoms with E-state index in [9.17, 15) is 0 Å². The summed E-state index contributed by atoms with van der Waals surface area (Å²) in [5.41, 5.74) is 0. The van der Waals surface area contributed by atoms with Crippen molar-refractivity contribution in [2.45, 2.75) is 80.6 Å². The smallest absolute Gasteiger partial charge is 0.0471 e. The molecule has 0 rings (SSSR count). The average Bonchev–Trinajstić information content (AvgIpc) is 2.18. The molecule has 0 radical (unpaired) electrons. The van der Waals surface area contributed by atoms with Crippen LogP contribution in [0, 0.1) is 5.92 Å². The van der Waals surface area contributed by atoms with Gasteiger partial charge in [0.05, 0.1) is 0 Å². The fourth-order valence-corrected chi connectivity index (χ4v) is 0.612. The van der Waals surface area contributed by atoms with Crippen molar-refractivity contribution in [3.8, 4) is 0 Å². The molecule has 0 aromatic rings. The van der Waals surface area contributed by atoms with Crippen LogP contribution in [0.3, 0.4) is 0 Å². The molecule has 0 aromatic carbocycles. The van der Waals surface area contributed by atoms with Gasteiger partial charge in [-0.25, -0.2) is 0 Å². The van der Waals surface area contributed by atoms with Crippen LogP contribution in [0.1, 0.15) is 80.6 Å². The molecule has 0 bridgehead atoms. The number of rotatable bonds is 4. The Kier molecular flexibility index (Phi) is 32.7. The highest BCUT2D eigenvalue weighted by molar-refractivity contribution is 4.42. The fourth-order valence-electron chi connectivity index (χ4n) is 0.612. The van der Waals surface area contributed by atoms with Crippen molar-refractivity contribution in [2.24, 2.45) is 5.92 Å². The minimum absolute atomic E-state index is 0.903. The summed E-state index contributed by atoms with van der Waals surface area (Å²) >= 11 is 0. The normalized spacial score (nSPS) is 8.31. The van der Waals surface area contributed by atoms with E-state index in [0.717, 1.165) is 5.92 Å². The van der Waals surface area contributed by atoms with Crippen molar-refractivity contribution >= 4 is 0 Å². The maximum absolute atomic E-state index is 2.27. The number of unbranched alkanes of at least 4 members (excludes halogenated alkanes) is 2. The minimum Gasteiger partial charge on any atom is -0.0683 e. The Hall–Kier alpha value is 0. The van der Waals surface area contributed by atoms with Crippen LogP contribution in [0.25, 0.3) is 0 Å². The molecular formula is C13H32. The quantitative estimate of drug-likeness (QED) is 0.533. The highest BCUT2D eigenvalue weighted by Crippen LogP contribution is 2.04. The first kappa shape index (κ1) is 18.7. The molecule has 0 aromatic heterocycles. The first-order valence-corrected chi connectivity index (χ1v) is 6.18. The Balaban J connectivity index is -0.000000142. The van der Waals surface area contributed by atoms with Gasteiger partial charge in [0.15, 0.2) is 0 Å². The van der Waals surface area contributed by atoms with Crippen LogP contribution in [0.2, 0.25) is 0 Å². The van der Waals surface area contributed by atoms with Gasteiger partial charge >= 0.3 is 0 Å². The molecule has 0 heteroatoms. The molecule has 0 atom stereocenters. The molecule has 0 aliphatic carbocycles. The SMILES string of the molecule is CC.CCCC.CCCCC(C)C. The van der Waals surface area contributed by atoms with Crippen LogP contribution in [-0.2, 0) is 0 Å². The van der Waals surface area contributed by atoms with Gasteiger partial charge in [0.2, 0.25) is 0 Å². The van der Waals surface area contributed by atoms with Crippen LogP contribution in [-0.4, -0.2) is 0 Å². The van der Waals surface area contributed by atoms with E-state index in [2.05, 4.69) is 34.6 Å². The second kappa shape index (κ2) is 22.7. The van der Waals surface area contributed by atoms with E-state index < -0.39 is 0 Å². The lowest BCUT2D eigenvalue weighted by Gasteiger charge is -1.98. The monoisotopic (exact) mass is 188 g/mol. The summed E-state index contributed by atoms with van der Waals surface area (Å²) < 4.78 is 0. The summed E-state index contributed by atoms with van der Waals surface area (Å²) in [7, 11) is 0. The van der Waals surface area contributed by atoms with Crippen molar-refractivity contribution in [1.82, 2.24) is 0 Å². The highest BCUT2D eigenvalue weighted by Gasteiger charge is 1.88. The fraction of sp³-hybridized carbons (Fsp3) is 1.00. The Labute approximate surface area is 87.1 Å². The van der Waals surface area contributed by atoms with E-state index in [1.54, 1.807) is 0 Å². The van der Waals surface area contributed by atoms with Gasteiger partial charge < -0.3 is 0 Å². The molecule has 0 saturated heterocycles. The van der Waals surface area contributed by atoms with Crippen LogP contribution in [0.15, 0.2) is 0 Å². The predicted molar refractivity (Wildman–Crippen MR) is 66.3 cm³/mol. The standard InChI is InChI=1S/C7H16.C4H10.C2H6/c1-4-5-6-7(2)3;1-3-4-2;1-2/h7H,4-6H2,1-3H3;3-4H2,1-2H3;1-2H3. The maximum Gasteiger partial charge on any atom is -0.0471 e. The Morgan fingerprint density at radius 1 is 0.769 bits per heavy atom. The zero-order valence-electron chi connectivity index (χ0n) is 11.1. The summed E-state index contributed by atoms with van der Waals surface area (Å²) in [4.78, 5) is 0. The second-order valence-corrected chi connectivity index (χ2v) is 3.54. The van der Waals surface area contributed by atoms with E-state index >= 15 is 0 Å². The second-order valence-electron chi connectivity index (χ2n) is 3.54. The van der Waals surface area contributed by atoms with E-state index in [1.807, 2.05) is 13.8 Å². The summed E-state index contributed by atoms with van der Waals surface area (Å²) in [6.07, 6.45) is 6.78. The molecule has 0 amide bonds. The van der Waals surface area contributed by atoms with E-state index in [-0.39, 0.29) is 0 Å². The molecule has 0 aliphatic heterocycles. The van der Waals surface area contributed by atoms with E-state index in [4.69, 9.17) is 0 Å². The van der Waals surface area contributed by atoms with E-state index in [1.165, 1.54) is 32.1 Å².